The molecular weight excluding hydrogens is 280 g/mol. The minimum Gasteiger partial charge on any atom is -0.374 e. The second-order valence-corrected chi connectivity index (χ2v) is 5.55. The van der Waals surface area contributed by atoms with Crippen LogP contribution in [0, 0.1) is 0 Å². The number of halogens is 1. The zero-order valence-corrected chi connectivity index (χ0v) is 11.7. The number of ether oxygens (including phenoxy) is 1. The maximum atomic E-state index is 5.88. The molecule has 2 atom stereocenters. The van der Waals surface area contributed by atoms with E-state index in [9.17, 15) is 0 Å². The standard InChI is InChI=1S/C13H19BrN2O/c1-10(15)13-9-16(6-7-17-13)8-11-2-4-12(14)5-3-11/h2-5,10,13H,6-9,15H2,1H3. The van der Waals surface area contributed by atoms with E-state index in [-0.39, 0.29) is 12.1 Å². The second-order valence-electron chi connectivity index (χ2n) is 4.63. The van der Waals surface area contributed by atoms with Crippen molar-refractivity contribution in [3.8, 4) is 0 Å². The van der Waals surface area contributed by atoms with Crippen molar-refractivity contribution in [2.75, 3.05) is 19.7 Å². The molecule has 0 amide bonds. The fraction of sp³-hybridized carbons (Fsp3) is 0.538. The number of morpholine rings is 1. The number of nitrogens with two attached hydrogens (primary N) is 1. The molecule has 1 aromatic carbocycles. The molecule has 17 heavy (non-hydrogen) atoms. The number of hydrogen-bond donors (Lipinski definition) is 1. The first kappa shape index (κ1) is 13.0. The minimum absolute atomic E-state index is 0.0997. The Morgan fingerprint density at radius 1 is 1.47 bits per heavy atom. The van der Waals surface area contributed by atoms with Crippen molar-refractivity contribution in [2.24, 2.45) is 5.73 Å². The summed E-state index contributed by atoms with van der Waals surface area (Å²) in [6, 6.07) is 8.57. The average molecular weight is 299 g/mol. The van der Waals surface area contributed by atoms with Gasteiger partial charge in [-0.05, 0) is 24.6 Å². The summed E-state index contributed by atoms with van der Waals surface area (Å²) in [5.41, 5.74) is 7.22. The van der Waals surface area contributed by atoms with Crippen LogP contribution < -0.4 is 5.73 Å². The van der Waals surface area contributed by atoms with Crippen molar-refractivity contribution in [1.29, 1.82) is 0 Å². The number of benzene rings is 1. The Kier molecular flexibility index (Phi) is 4.56. The molecule has 3 nitrogen and oxygen atoms in total. The fourth-order valence-corrected chi connectivity index (χ4v) is 2.31. The summed E-state index contributed by atoms with van der Waals surface area (Å²) in [6.07, 6.45) is 0.166. The van der Waals surface area contributed by atoms with Gasteiger partial charge in [0.15, 0.2) is 0 Å². The van der Waals surface area contributed by atoms with Crippen LogP contribution in [0.4, 0.5) is 0 Å². The molecule has 2 rings (SSSR count). The molecule has 1 heterocycles. The lowest BCUT2D eigenvalue weighted by atomic mass is 10.1. The Morgan fingerprint density at radius 2 is 2.18 bits per heavy atom. The summed E-state index contributed by atoms with van der Waals surface area (Å²) in [7, 11) is 0. The SMILES string of the molecule is CC(N)C1CN(Cc2ccc(Br)cc2)CCO1. The predicted molar refractivity (Wildman–Crippen MR) is 72.8 cm³/mol. The zero-order valence-electron chi connectivity index (χ0n) is 10.1. The first-order valence-corrected chi connectivity index (χ1v) is 6.78. The van der Waals surface area contributed by atoms with Crippen molar-refractivity contribution in [1.82, 2.24) is 4.90 Å². The molecule has 1 fully saturated rings. The lowest BCUT2D eigenvalue weighted by molar-refractivity contribution is -0.0403. The quantitative estimate of drug-likeness (QED) is 0.928. The van der Waals surface area contributed by atoms with Gasteiger partial charge in [0.25, 0.3) is 0 Å². The molecule has 0 spiro atoms. The second kappa shape index (κ2) is 5.96. The summed E-state index contributed by atoms with van der Waals surface area (Å²) in [5.74, 6) is 0. The lowest BCUT2D eigenvalue weighted by Gasteiger charge is -2.34. The van der Waals surface area contributed by atoms with Crippen LogP contribution in [-0.2, 0) is 11.3 Å². The summed E-state index contributed by atoms with van der Waals surface area (Å²) in [6.45, 7) is 5.67. The first-order chi connectivity index (χ1) is 8.15. The molecule has 94 valence electrons. The summed E-state index contributed by atoms with van der Waals surface area (Å²) < 4.78 is 6.77. The van der Waals surface area contributed by atoms with E-state index < -0.39 is 0 Å². The van der Waals surface area contributed by atoms with E-state index in [1.807, 2.05) is 6.92 Å². The Labute approximate surface area is 111 Å². The Hall–Kier alpha value is -0.420. The van der Waals surface area contributed by atoms with Crippen molar-refractivity contribution in [3.63, 3.8) is 0 Å². The van der Waals surface area contributed by atoms with E-state index in [4.69, 9.17) is 10.5 Å². The van der Waals surface area contributed by atoms with Gasteiger partial charge in [-0.2, -0.15) is 0 Å². The number of rotatable bonds is 3. The third-order valence-electron chi connectivity index (χ3n) is 3.08. The Balaban J connectivity index is 1.92. The molecule has 1 aromatic rings. The summed E-state index contributed by atoms with van der Waals surface area (Å²) >= 11 is 3.45. The van der Waals surface area contributed by atoms with Crippen molar-refractivity contribution in [2.45, 2.75) is 25.6 Å². The summed E-state index contributed by atoms with van der Waals surface area (Å²) in [4.78, 5) is 2.40. The zero-order chi connectivity index (χ0) is 12.3. The van der Waals surface area contributed by atoms with E-state index in [0.717, 1.165) is 30.7 Å². The predicted octanol–water partition coefficient (Wildman–Crippen LogP) is 2.00. The lowest BCUT2D eigenvalue weighted by Crippen LogP contribution is -2.49. The van der Waals surface area contributed by atoms with Gasteiger partial charge in [0.2, 0.25) is 0 Å². The monoisotopic (exact) mass is 298 g/mol. The Bertz CT molecular complexity index is 353. The van der Waals surface area contributed by atoms with Crippen LogP contribution in [0.2, 0.25) is 0 Å². The fourth-order valence-electron chi connectivity index (χ4n) is 2.04. The van der Waals surface area contributed by atoms with Gasteiger partial charge in [-0.25, -0.2) is 0 Å². The molecular formula is C13H19BrN2O. The third kappa shape index (κ3) is 3.78. The molecule has 0 aromatic heterocycles. The maximum Gasteiger partial charge on any atom is 0.0850 e. The van der Waals surface area contributed by atoms with Gasteiger partial charge in [-0.1, -0.05) is 28.1 Å². The number of hydrogen-bond acceptors (Lipinski definition) is 3. The van der Waals surface area contributed by atoms with Crippen LogP contribution >= 0.6 is 15.9 Å². The highest BCUT2D eigenvalue weighted by Crippen LogP contribution is 2.15. The molecule has 0 saturated carbocycles. The molecule has 2 N–H and O–H groups in total. The van der Waals surface area contributed by atoms with E-state index >= 15 is 0 Å². The molecule has 4 heteroatoms. The van der Waals surface area contributed by atoms with Gasteiger partial charge >= 0.3 is 0 Å². The molecule has 1 saturated heterocycles. The highest BCUT2D eigenvalue weighted by Gasteiger charge is 2.23. The van der Waals surface area contributed by atoms with E-state index in [0.29, 0.717) is 0 Å². The van der Waals surface area contributed by atoms with Crippen LogP contribution in [0.1, 0.15) is 12.5 Å². The normalized spacial score (nSPS) is 23.6. The smallest absolute Gasteiger partial charge is 0.0850 e. The largest absolute Gasteiger partial charge is 0.374 e. The first-order valence-electron chi connectivity index (χ1n) is 5.99. The van der Waals surface area contributed by atoms with Crippen LogP contribution in [-0.4, -0.2) is 36.7 Å². The van der Waals surface area contributed by atoms with Crippen LogP contribution in [0.3, 0.4) is 0 Å². The van der Waals surface area contributed by atoms with Crippen LogP contribution in [0.15, 0.2) is 28.7 Å². The number of nitrogens with zero attached hydrogens (tertiary/aromatic N) is 1. The highest BCUT2D eigenvalue weighted by atomic mass is 79.9. The van der Waals surface area contributed by atoms with Crippen molar-refractivity contribution >= 4 is 15.9 Å². The van der Waals surface area contributed by atoms with Gasteiger partial charge in [0.05, 0.1) is 12.7 Å². The molecule has 1 aliphatic rings. The topological polar surface area (TPSA) is 38.5 Å². The highest BCUT2D eigenvalue weighted by molar-refractivity contribution is 9.10. The van der Waals surface area contributed by atoms with Gasteiger partial charge < -0.3 is 10.5 Å². The van der Waals surface area contributed by atoms with E-state index in [1.165, 1.54) is 5.56 Å². The molecule has 0 aliphatic carbocycles. The van der Waals surface area contributed by atoms with Gasteiger partial charge in [0, 0.05) is 30.1 Å². The average Bonchev–Trinajstić information content (AvgIpc) is 2.32. The van der Waals surface area contributed by atoms with Crippen LogP contribution in [0.5, 0.6) is 0 Å². The molecule has 0 radical (unpaired) electrons. The van der Waals surface area contributed by atoms with Gasteiger partial charge in [-0.15, -0.1) is 0 Å². The molecule has 2 unspecified atom stereocenters. The molecule has 0 bridgehead atoms. The van der Waals surface area contributed by atoms with E-state index in [2.05, 4.69) is 45.1 Å². The summed E-state index contributed by atoms with van der Waals surface area (Å²) in [5, 5.41) is 0. The third-order valence-corrected chi connectivity index (χ3v) is 3.61. The van der Waals surface area contributed by atoms with Gasteiger partial charge in [-0.3, -0.25) is 4.90 Å². The van der Waals surface area contributed by atoms with E-state index in [1.54, 1.807) is 0 Å². The molecule has 1 aliphatic heterocycles. The van der Waals surface area contributed by atoms with Gasteiger partial charge in [0.1, 0.15) is 0 Å². The van der Waals surface area contributed by atoms with Crippen molar-refractivity contribution < 1.29 is 4.74 Å². The maximum absolute atomic E-state index is 5.88. The Morgan fingerprint density at radius 3 is 2.82 bits per heavy atom. The minimum atomic E-state index is 0.0997. The van der Waals surface area contributed by atoms with Crippen molar-refractivity contribution in [3.05, 3.63) is 34.3 Å². The van der Waals surface area contributed by atoms with Crippen LogP contribution in [0.25, 0.3) is 0 Å².